The molecule has 0 radical (unpaired) electrons. The van der Waals surface area contributed by atoms with Crippen molar-refractivity contribution < 1.29 is 9.53 Å². The number of fused-ring (bicyclic) bond motifs is 1. The van der Waals surface area contributed by atoms with Crippen LogP contribution in [0.2, 0.25) is 0 Å². The largest absolute Gasteiger partial charge is 0.486 e. The van der Waals surface area contributed by atoms with Crippen LogP contribution in [0.15, 0.2) is 29.4 Å². The van der Waals surface area contributed by atoms with Crippen molar-refractivity contribution in [2.24, 2.45) is 18.4 Å². The van der Waals surface area contributed by atoms with Gasteiger partial charge in [0.05, 0.1) is 11.3 Å². The maximum Gasteiger partial charge on any atom is 0.235 e. The lowest BCUT2D eigenvalue weighted by atomic mass is 9.69. The zero-order chi connectivity index (χ0) is 25.9. The molecule has 7 nitrogen and oxygen atoms in total. The van der Waals surface area contributed by atoms with Gasteiger partial charge in [-0.25, -0.2) is 0 Å². The van der Waals surface area contributed by atoms with Crippen molar-refractivity contribution in [3.05, 3.63) is 51.7 Å². The van der Waals surface area contributed by atoms with Crippen molar-refractivity contribution in [1.29, 1.82) is 5.26 Å². The Bertz CT molecular complexity index is 1270. The van der Waals surface area contributed by atoms with Crippen LogP contribution in [0.1, 0.15) is 61.0 Å². The van der Waals surface area contributed by atoms with Crippen LogP contribution in [0.5, 0.6) is 5.75 Å². The van der Waals surface area contributed by atoms with Gasteiger partial charge in [-0.05, 0) is 55.2 Å². The van der Waals surface area contributed by atoms with E-state index < -0.39 is 0 Å². The Hall–Kier alpha value is -2.83. The van der Waals surface area contributed by atoms with Gasteiger partial charge < -0.3 is 14.6 Å². The average molecular weight is 524 g/mol. The van der Waals surface area contributed by atoms with E-state index >= 15 is 0 Å². The Morgan fingerprint density at radius 2 is 2.08 bits per heavy atom. The van der Waals surface area contributed by atoms with Gasteiger partial charge in [0.1, 0.15) is 23.4 Å². The summed E-state index contributed by atoms with van der Waals surface area (Å²) in [6.45, 7) is 9.22. The third-order valence-electron chi connectivity index (χ3n) is 7.29. The monoisotopic (exact) mass is 523 g/mol. The number of nitrogens with one attached hydrogen (secondary N) is 1. The van der Waals surface area contributed by atoms with Crippen LogP contribution in [0.4, 0.5) is 5.00 Å². The fourth-order valence-electron chi connectivity index (χ4n) is 4.42. The number of hydrogen-bond donors (Lipinski definition) is 1. The second-order valence-electron chi connectivity index (χ2n) is 10.00. The summed E-state index contributed by atoms with van der Waals surface area (Å²) in [4.78, 5) is 14.0. The minimum absolute atomic E-state index is 0.152. The summed E-state index contributed by atoms with van der Waals surface area (Å²) < 4.78 is 7.65. The lowest BCUT2D eigenvalue weighted by Crippen LogP contribution is -2.28. The number of carbonyl (C=O) groups excluding carboxylic acids is 1. The normalized spacial score (nSPS) is 15.3. The van der Waals surface area contributed by atoms with Gasteiger partial charge in [0, 0.05) is 11.9 Å². The second kappa shape index (κ2) is 11.1. The predicted molar refractivity (Wildman–Crippen MR) is 144 cm³/mol. The zero-order valence-electron chi connectivity index (χ0n) is 21.6. The summed E-state index contributed by atoms with van der Waals surface area (Å²) in [6, 6.07) is 10.2. The maximum atomic E-state index is 12.8. The molecule has 2 heterocycles. The fourth-order valence-corrected chi connectivity index (χ4v) is 6.44. The number of carbonyl (C=O) groups is 1. The van der Waals surface area contributed by atoms with E-state index in [2.05, 4.69) is 42.4 Å². The molecule has 2 aromatic heterocycles. The lowest BCUT2D eigenvalue weighted by molar-refractivity contribution is -0.113. The fraction of sp³-hybridized carbons (Fsp3) is 0.481. The molecule has 190 valence electrons. The van der Waals surface area contributed by atoms with Crippen LogP contribution in [0, 0.1) is 29.6 Å². The molecular weight excluding hydrogens is 490 g/mol. The quantitative estimate of drug-likeness (QED) is 0.351. The average Bonchev–Trinajstić information content (AvgIpc) is 3.40. The molecule has 9 heteroatoms. The molecule has 0 saturated heterocycles. The van der Waals surface area contributed by atoms with Gasteiger partial charge in [-0.3, -0.25) is 4.79 Å². The van der Waals surface area contributed by atoms with E-state index in [0.29, 0.717) is 34.1 Å². The summed E-state index contributed by atoms with van der Waals surface area (Å²) in [5.41, 5.74) is 3.21. The van der Waals surface area contributed by atoms with E-state index in [1.807, 2.05) is 42.8 Å². The number of aryl methyl sites for hydroxylation is 1. The number of thiophene rings is 1. The number of benzene rings is 1. The molecule has 1 amide bonds. The van der Waals surface area contributed by atoms with Crippen molar-refractivity contribution in [1.82, 2.24) is 14.8 Å². The molecule has 1 N–H and O–H groups in total. The first-order chi connectivity index (χ1) is 17.2. The van der Waals surface area contributed by atoms with Gasteiger partial charge in [-0.1, -0.05) is 56.7 Å². The number of anilines is 1. The van der Waals surface area contributed by atoms with Gasteiger partial charge in [-0.2, -0.15) is 5.26 Å². The number of nitrogens with zero attached hydrogens (tertiary/aromatic N) is 4. The van der Waals surface area contributed by atoms with E-state index in [1.54, 1.807) is 11.3 Å². The summed E-state index contributed by atoms with van der Waals surface area (Å²) in [6.07, 6.45) is 4.10. The summed E-state index contributed by atoms with van der Waals surface area (Å²) >= 11 is 2.88. The minimum Gasteiger partial charge on any atom is -0.486 e. The highest BCUT2D eigenvalue weighted by Gasteiger charge is 2.34. The second-order valence-corrected chi connectivity index (χ2v) is 12.0. The predicted octanol–water partition coefficient (Wildman–Crippen LogP) is 5.91. The molecule has 0 bridgehead atoms. The molecule has 0 saturated carbocycles. The zero-order valence-corrected chi connectivity index (χ0v) is 23.2. The molecule has 0 fully saturated rings. The third-order valence-corrected chi connectivity index (χ3v) is 9.48. The molecule has 0 aliphatic heterocycles. The van der Waals surface area contributed by atoms with Crippen LogP contribution >= 0.6 is 23.1 Å². The molecule has 1 atom stereocenters. The summed E-state index contributed by atoms with van der Waals surface area (Å²) in [5.74, 6) is 2.08. The number of amides is 1. The van der Waals surface area contributed by atoms with E-state index in [0.717, 1.165) is 37.0 Å². The number of rotatable bonds is 9. The Morgan fingerprint density at radius 1 is 1.33 bits per heavy atom. The van der Waals surface area contributed by atoms with Crippen molar-refractivity contribution >= 4 is 34.0 Å². The minimum atomic E-state index is -0.152. The topological polar surface area (TPSA) is 92.8 Å². The van der Waals surface area contributed by atoms with Crippen LogP contribution in [0.25, 0.3) is 0 Å². The van der Waals surface area contributed by atoms with Crippen molar-refractivity contribution in [3.63, 3.8) is 0 Å². The first-order valence-corrected chi connectivity index (χ1v) is 14.1. The number of ether oxygens (including phenoxy) is 1. The van der Waals surface area contributed by atoms with Gasteiger partial charge in [0.2, 0.25) is 5.91 Å². The Balaban J connectivity index is 1.35. The molecule has 36 heavy (non-hydrogen) atoms. The summed E-state index contributed by atoms with van der Waals surface area (Å²) in [7, 11) is 1.86. The third kappa shape index (κ3) is 5.76. The molecule has 1 aliphatic carbocycles. The van der Waals surface area contributed by atoms with Gasteiger partial charge in [-0.15, -0.1) is 21.5 Å². The maximum absolute atomic E-state index is 12.8. The van der Waals surface area contributed by atoms with Gasteiger partial charge in [0.15, 0.2) is 11.0 Å². The molecule has 3 aromatic rings. The number of aromatic nitrogens is 3. The first kappa shape index (κ1) is 26.2. The van der Waals surface area contributed by atoms with E-state index in [-0.39, 0.29) is 17.1 Å². The Morgan fingerprint density at radius 3 is 2.78 bits per heavy atom. The highest BCUT2D eigenvalue weighted by Crippen LogP contribution is 2.45. The number of hydrogen-bond acceptors (Lipinski definition) is 7. The van der Waals surface area contributed by atoms with Gasteiger partial charge >= 0.3 is 0 Å². The Kier molecular flexibility index (Phi) is 8.06. The molecule has 4 rings (SSSR count). The molecule has 1 aromatic carbocycles. The highest BCUT2D eigenvalue weighted by molar-refractivity contribution is 7.99. The van der Waals surface area contributed by atoms with Crippen LogP contribution in [0.3, 0.4) is 0 Å². The first-order valence-electron chi connectivity index (χ1n) is 12.3. The van der Waals surface area contributed by atoms with E-state index in [1.165, 1.54) is 22.2 Å². The SMILES string of the molecule is CCC(C)(C)C1CCc2c(sc(NC(=O)CSc3nnc(COc4ccc(C)cc4)n3C)c2C#N)C1. The molecule has 1 aliphatic rings. The van der Waals surface area contributed by atoms with Crippen molar-refractivity contribution in [3.8, 4) is 11.8 Å². The smallest absolute Gasteiger partial charge is 0.235 e. The van der Waals surface area contributed by atoms with Crippen LogP contribution < -0.4 is 10.1 Å². The van der Waals surface area contributed by atoms with Crippen LogP contribution in [-0.2, 0) is 31.3 Å². The van der Waals surface area contributed by atoms with E-state index in [4.69, 9.17) is 4.74 Å². The van der Waals surface area contributed by atoms with Crippen LogP contribution in [-0.4, -0.2) is 26.4 Å². The standard InChI is InChI=1S/C27H33N5O2S2/c1-6-27(3,4)18-9-12-20-21(14-28)25(36-22(20)13-18)29-24(33)16-35-26-31-30-23(32(26)5)15-34-19-10-7-17(2)8-11-19/h7-8,10-11,18H,6,9,12-13,15-16H2,1-5H3,(H,29,33). The highest BCUT2D eigenvalue weighted by atomic mass is 32.2. The Labute approximate surface area is 221 Å². The van der Waals surface area contributed by atoms with Gasteiger partial charge in [0.25, 0.3) is 0 Å². The van der Waals surface area contributed by atoms with E-state index in [9.17, 15) is 10.1 Å². The molecular formula is C27H33N5O2S2. The molecule has 1 unspecified atom stereocenters. The number of nitriles is 1. The summed E-state index contributed by atoms with van der Waals surface area (Å²) in [5, 5.41) is 22.5. The lowest BCUT2D eigenvalue weighted by Gasteiger charge is -2.36. The van der Waals surface area contributed by atoms with Crippen molar-refractivity contribution in [2.45, 2.75) is 65.1 Å². The molecule has 0 spiro atoms. The van der Waals surface area contributed by atoms with Crippen molar-refractivity contribution in [2.75, 3.05) is 11.1 Å². The number of thioether (sulfide) groups is 1.